The number of hydrogen-bond donors (Lipinski definition) is 1. The molecular weight excluding hydrogens is 286 g/mol. The van der Waals surface area contributed by atoms with Gasteiger partial charge in [-0.05, 0) is 36.8 Å². The van der Waals surface area contributed by atoms with Crippen molar-refractivity contribution in [2.75, 3.05) is 12.4 Å². The van der Waals surface area contributed by atoms with Gasteiger partial charge in [-0.25, -0.2) is 9.97 Å². The molecule has 0 amide bonds. The maximum absolute atomic E-state index is 6.15. The highest BCUT2D eigenvalue weighted by atomic mass is 35.5. The van der Waals surface area contributed by atoms with E-state index in [4.69, 9.17) is 16.3 Å². The summed E-state index contributed by atoms with van der Waals surface area (Å²) >= 11 is 6.15. The lowest BCUT2D eigenvalue weighted by atomic mass is 10.2. The van der Waals surface area contributed by atoms with Gasteiger partial charge < -0.3 is 10.1 Å². The number of ether oxygens (including phenoxy) is 1. The summed E-state index contributed by atoms with van der Waals surface area (Å²) in [6.45, 7) is 1.97. The molecule has 2 aromatic carbocycles. The van der Waals surface area contributed by atoms with Crippen LogP contribution in [-0.2, 0) is 0 Å². The van der Waals surface area contributed by atoms with Crippen LogP contribution in [0.15, 0.2) is 42.7 Å². The maximum atomic E-state index is 6.15. The molecule has 1 N–H and O–H groups in total. The van der Waals surface area contributed by atoms with Gasteiger partial charge in [0.15, 0.2) is 0 Å². The minimum absolute atomic E-state index is 0.722. The van der Waals surface area contributed by atoms with Gasteiger partial charge in [-0.2, -0.15) is 0 Å². The van der Waals surface area contributed by atoms with E-state index >= 15 is 0 Å². The summed E-state index contributed by atoms with van der Waals surface area (Å²) in [4.78, 5) is 8.60. The van der Waals surface area contributed by atoms with Gasteiger partial charge in [-0.15, -0.1) is 0 Å². The Labute approximate surface area is 127 Å². The molecule has 21 heavy (non-hydrogen) atoms. The second kappa shape index (κ2) is 5.58. The number of anilines is 2. The van der Waals surface area contributed by atoms with Crippen molar-refractivity contribution in [2.24, 2.45) is 0 Å². The van der Waals surface area contributed by atoms with E-state index in [0.717, 1.165) is 38.7 Å². The number of methoxy groups -OCH3 is 1. The minimum atomic E-state index is 0.722. The molecule has 0 atom stereocenters. The molecular formula is C16H14ClN3O. The van der Waals surface area contributed by atoms with Gasteiger partial charge in [0.1, 0.15) is 17.9 Å². The summed E-state index contributed by atoms with van der Waals surface area (Å²) in [6.07, 6.45) is 1.53. The summed E-state index contributed by atoms with van der Waals surface area (Å²) in [5, 5.41) is 4.97. The van der Waals surface area contributed by atoms with Crippen molar-refractivity contribution in [3.63, 3.8) is 0 Å². The van der Waals surface area contributed by atoms with Crippen molar-refractivity contribution >= 4 is 34.0 Å². The highest BCUT2D eigenvalue weighted by Crippen LogP contribution is 2.29. The molecule has 0 saturated carbocycles. The van der Waals surface area contributed by atoms with Crippen LogP contribution in [0.25, 0.3) is 10.9 Å². The monoisotopic (exact) mass is 299 g/mol. The zero-order chi connectivity index (χ0) is 14.8. The Morgan fingerprint density at radius 2 is 2.00 bits per heavy atom. The van der Waals surface area contributed by atoms with Crippen LogP contribution in [0, 0.1) is 6.92 Å². The Morgan fingerprint density at radius 1 is 1.14 bits per heavy atom. The Morgan fingerprint density at radius 3 is 2.81 bits per heavy atom. The van der Waals surface area contributed by atoms with Crippen LogP contribution in [0.3, 0.4) is 0 Å². The van der Waals surface area contributed by atoms with E-state index in [-0.39, 0.29) is 0 Å². The molecule has 0 aliphatic carbocycles. The zero-order valence-electron chi connectivity index (χ0n) is 11.7. The number of nitrogens with one attached hydrogen (secondary N) is 1. The topological polar surface area (TPSA) is 47.0 Å². The maximum Gasteiger partial charge on any atom is 0.141 e. The fraction of sp³-hybridized carbons (Fsp3) is 0.125. The highest BCUT2D eigenvalue weighted by molar-refractivity contribution is 6.31. The predicted octanol–water partition coefficient (Wildman–Crippen LogP) is 4.34. The molecule has 0 aliphatic heterocycles. The lowest BCUT2D eigenvalue weighted by Gasteiger charge is -2.12. The molecule has 0 fully saturated rings. The van der Waals surface area contributed by atoms with Crippen LogP contribution in [0.4, 0.5) is 11.5 Å². The Hall–Kier alpha value is -2.33. The van der Waals surface area contributed by atoms with E-state index in [1.807, 2.05) is 43.3 Å². The number of rotatable bonds is 3. The summed E-state index contributed by atoms with van der Waals surface area (Å²) in [7, 11) is 1.64. The van der Waals surface area contributed by atoms with Gasteiger partial charge >= 0.3 is 0 Å². The fourth-order valence-electron chi connectivity index (χ4n) is 2.13. The second-order valence-corrected chi connectivity index (χ2v) is 5.05. The fourth-order valence-corrected chi connectivity index (χ4v) is 2.31. The van der Waals surface area contributed by atoms with Crippen molar-refractivity contribution in [1.82, 2.24) is 9.97 Å². The van der Waals surface area contributed by atoms with Crippen molar-refractivity contribution in [1.29, 1.82) is 0 Å². The first kappa shape index (κ1) is 13.6. The molecule has 0 aliphatic rings. The van der Waals surface area contributed by atoms with E-state index in [1.165, 1.54) is 6.33 Å². The SMILES string of the molecule is COc1ccc2c(Nc3cccc(Cl)c3C)ncnc2c1. The summed E-state index contributed by atoms with van der Waals surface area (Å²) in [5.74, 6) is 1.51. The van der Waals surface area contributed by atoms with Gasteiger partial charge in [0.25, 0.3) is 0 Å². The molecule has 4 nitrogen and oxygen atoms in total. The number of benzene rings is 2. The van der Waals surface area contributed by atoms with Gasteiger partial charge in [-0.3, -0.25) is 0 Å². The highest BCUT2D eigenvalue weighted by Gasteiger charge is 2.08. The third-order valence-electron chi connectivity index (χ3n) is 3.36. The van der Waals surface area contributed by atoms with Crippen LogP contribution in [0.2, 0.25) is 5.02 Å². The van der Waals surface area contributed by atoms with E-state index in [0.29, 0.717) is 0 Å². The second-order valence-electron chi connectivity index (χ2n) is 4.64. The molecule has 0 radical (unpaired) electrons. The van der Waals surface area contributed by atoms with Crippen LogP contribution in [0.1, 0.15) is 5.56 Å². The number of fused-ring (bicyclic) bond motifs is 1. The van der Waals surface area contributed by atoms with Gasteiger partial charge in [0.05, 0.1) is 12.6 Å². The van der Waals surface area contributed by atoms with Crippen LogP contribution < -0.4 is 10.1 Å². The number of nitrogens with zero attached hydrogens (tertiary/aromatic N) is 2. The molecule has 1 heterocycles. The first-order valence-electron chi connectivity index (χ1n) is 6.50. The summed E-state index contributed by atoms with van der Waals surface area (Å²) < 4.78 is 5.22. The third kappa shape index (κ3) is 2.62. The molecule has 0 saturated heterocycles. The molecule has 0 unspecified atom stereocenters. The van der Waals surface area contributed by atoms with E-state index < -0.39 is 0 Å². The lowest BCUT2D eigenvalue weighted by molar-refractivity contribution is 0.415. The van der Waals surface area contributed by atoms with Gasteiger partial charge in [0.2, 0.25) is 0 Å². The van der Waals surface area contributed by atoms with Crippen LogP contribution >= 0.6 is 11.6 Å². The Balaban J connectivity index is 2.06. The lowest BCUT2D eigenvalue weighted by Crippen LogP contribution is -1.98. The van der Waals surface area contributed by atoms with E-state index in [2.05, 4.69) is 15.3 Å². The number of halogens is 1. The minimum Gasteiger partial charge on any atom is -0.497 e. The Kier molecular flexibility index (Phi) is 3.62. The largest absolute Gasteiger partial charge is 0.497 e. The Bertz CT molecular complexity index is 805. The van der Waals surface area contributed by atoms with Crippen LogP contribution in [0.5, 0.6) is 5.75 Å². The number of hydrogen-bond acceptors (Lipinski definition) is 4. The summed E-state index contributed by atoms with van der Waals surface area (Å²) in [5.41, 5.74) is 2.74. The molecule has 0 bridgehead atoms. The molecule has 3 rings (SSSR count). The van der Waals surface area contributed by atoms with Gasteiger partial charge in [-0.1, -0.05) is 17.7 Å². The number of aromatic nitrogens is 2. The van der Waals surface area contributed by atoms with Crippen molar-refractivity contribution in [3.05, 3.63) is 53.3 Å². The first-order chi connectivity index (χ1) is 10.2. The third-order valence-corrected chi connectivity index (χ3v) is 3.77. The van der Waals surface area contributed by atoms with Crippen LogP contribution in [-0.4, -0.2) is 17.1 Å². The quantitative estimate of drug-likeness (QED) is 0.781. The molecule has 106 valence electrons. The van der Waals surface area contributed by atoms with Crippen molar-refractivity contribution in [3.8, 4) is 5.75 Å². The molecule has 3 aromatic rings. The smallest absolute Gasteiger partial charge is 0.141 e. The first-order valence-corrected chi connectivity index (χ1v) is 6.87. The molecule has 1 aromatic heterocycles. The average molecular weight is 300 g/mol. The van der Waals surface area contributed by atoms with Gasteiger partial charge in [0, 0.05) is 22.2 Å². The average Bonchev–Trinajstić information content (AvgIpc) is 2.51. The molecule has 5 heteroatoms. The molecule has 0 spiro atoms. The summed E-state index contributed by atoms with van der Waals surface area (Å²) in [6, 6.07) is 11.5. The van der Waals surface area contributed by atoms with Crippen molar-refractivity contribution in [2.45, 2.75) is 6.92 Å². The normalized spacial score (nSPS) is 10.6. The van der Waals surface area contributed by atoms with E-state index in [9.17, 15) is 0 Å². The predicted molar refractivity (Wildman–Crippen MR) is 85.6 cm³/mol. The van der Waals surface area contributed by atoms with Crippen molar-refractivity contribution < 1.29 is 4.74 Å². The zero-order valence-corrected chi connectivity index (χ0v) is 12.5. The standard InChI is InChI=1S/C16H14ClN3O/c1-10-13(17)4-3-5-14(10)20-16-12-7-6-11(21-2)8-15(12)18-9-19-16/h3-9H,1-2H3,(H,18,19,20). The van der Waals surface area contributed by atoms with E-state index in [1.54, 1.807) is 7.11 Å².